The van der Waals surface area contributed by atoms with Gasteiger partial charge in [-0.05, 0) is 30.9 Å². The van der Waals surface area contributed by atoms with Crippen LogP contribution in [0.1, 0.15) is 37.7 Å². The molecule has 0 bridgehead atoms. The number of H-pyrrole nitrogens is 1. The van der Waals surface area contributed by atoms with E-state index in [1.165, 1.54) is 6.42 Å². The molecule has 1 fully saturated rings. The maximum atomic E-state index is 11.7. The van der Waals surface area contributed by atoms with Crippen molar-refractivity contribution >= 4 is 16.9 Å². The third-order valence-electron chi connectivity index (χ3n) is 4.47. The molecule has 1 aromatic carbocycles. The zero-order valence-electron chi connectivity index (χ0n) is 11.0. The number of hydrogen-bond acceptors (Lipinski definition) is 1. The van der Waals surface area contributed by atoms with Crippen LogP contribution >= 0.6 is 0 Å². The van der Waals surface area contributed by atoms with Crippen LogP contribution in [0.15, 0.2) is 30.5 Å². The van der Waals surface area contributed by atoms with Gasteiger partial charge in [0.1, 0.15) is 0 Å². The number of rotatable bonds is 3. The third kappa shape index (κ3) is 2.14. The van der Waals surface area contributed by atoms with Gasteiger partial charge in [0.25, 0.3) is 0 Å². The maximum absolute atomic E-state index is 11.7. The Morgan fingerprint density at radius 2 is 1.95 bits per heavy atom. The Balaban J connectivity index is 1.96. The fourth-order valence-corrected chi connectivity index (χ4v) is 3.34. The smallest absolute Gasteiger partial charge is 0.309 e. The van der Waals surface area contributed by atoms with E-state index in [-0.39, 0.29) is 0 Å². The van der Waals surface area contributed by atoms with E-state index >= 15 is 0 Å². The summed E-state index contributed by atoms with van der Waals surface area (Å²) in [5.74, 6) is -0.627. The van der Waals surface area contributed by atoms with Crippen molar-refractivity contribution in [3.05, 3.63) is 36.0 Å². The summed E-state index contributed by atoms with van der Waals surface area (Å²) < 4.78 is 0. The van der Waals surface area contributed by atoms with Crippen LogP contribution in [-0.4, -0.2) is 16.1 Å². The van der Waals surface area contributed by atoms with Crippen LogP contribution in [0.4, 0.5) is 0 Å². The molecule has 3 rings (SSSR count). The van der Waals surface area contributed by atoms with Gasteiger partial charge in [0.2, 0.25) is 0 Å². The number of aliphatic carboxylic acids is 1. The Morgan fingerprint density at radius 1 is 1.21 bits per heavy atom. The van der Waals surface area contributed by atoms with E-state index in [1.807, 2.05) is 24.4 Å². The predicted molar refractivity (Wildman–Crippen MR) is 75.2 cm³/mol. The quantitative estimate of drug-likeness (QED) is 0.880. The van der Waals surface area contributed by atoms with Gasteiger partial charge in [0, 0.05) is 17.1 Å². The minimum absolute atomic E-state index is 0.552. The largest absolute Gasteiger partial charge is 0.481 e. The first kappa shape index (κ1) is 12.3. The first-order valence-corrected chi connectivity index (χ1v) is 7.00. The maximum Gasteiger partial charge on any atom is 0.309 e. The fraction of sp³-hybridized carbons (Fsp3) is 0.438. The van der Waals surface area contributed by atoms with Gasteiger partial charge < -0.3 is 10.1 Å². The predicted octanol–water partition coefficient (Wildman–Crippen LogP) is 3.75. The third-order valence-corrected chi connectivity index (χ3v) is 4.47. The number of nitrogens with one attached hydrogen (secondary N) is 1. The molecule has 2 aromatic rings. The van der Waals surface area contributed by atoms with Crippen LogP contribution in [0.3, 0.4) is 0 Å². The Kier molecular flexibility index (Phi) is 3.05. The molecule has 0 aliphatic heterocycles. The molecule has 0 saturated heterocycles. The average molecular weight is 257 g/mol. The van der Waals surface area contributed by atoms with Gasteiger partial charge in [-0.25, -0.2) is 0 Å². The molecule has 3 nitrogen and oxygen atoms in total. The summed E-state index contributed by atoms with van der Waals surface area (Å²) in [5.41, 5.74) is 1.68. The minimum atomic E-state index is -0.627. The van der Waals surface area contributed by atoms with Crippen molar-refractivity contribution < 1.29 is 9.90 Å². The highest BCUT2D eigenvalue weighted by Crippen LogP contribution is 2.40. The number of para-hydroxylation sites is 1. The molecule has 1 aliphatic carbocycles. The fourth-order valence-electron chi connectivity index (χ4n) is 3.34. The number of carboxylic acid groups (broad SMARTS) is 1. The van der Waals surface area contributed by atoms with E-state index in [2.05, 4.69) is 11.1 Å². The van der Waals surface area contributed by atoms with Gasteiger partial charge in [0.05, 0.1) is 5.41 Å². The first-order chi connectivity index (χ1) is 9.21. The summed E-state index contributed by atoms with van der Waals surface area (Å²) in [6.45, 7) is 0. The van der Waals surface area contributed by atoms with E-state index < -0.39 is 11.4 Å². The van der Waals surface area contributed by atoms with E-state index in [4.69, 9.17) is 0 Å². The van der Waals surface area contributed by atoms with Crippen LogP contribution in [-0.2, 0) is 11.2 Å². The zero-order valence-corrected chi connectivity index (χ0v) is 11.0. The zero-order chi connectivity index (χ0) is 13.3. The van der Waals surface area contributed by atoms with Crippen LogP contribution in [0.25, 0.3) is 10.9 Å². The lowest BCUT2D eigenvalue weighted by atomic mass is 9.70. The second kappa shape index (κ2) is 4.72. The number of aromatic amines is 1. The van der Waals surface area contributed by atoms with Crippen molar-refractivity contribution in [1.29, 1.82) is 0 Å². The summed E-state index contributed by atoms with van der Waals surface area (Å²) in [7, 11) is 0. The molecule has 0 amide bonds. The van der Waals surface area contributed by atoms with E-state index in [0.717, 1.165) is 42.1 Å². The molecule has 0 spiro atoms. The minimum Gasteiger partial charge on any atom is -0.481 e. The molecule has 0 atom stereocenters. The van der Waals surface area contributed by atoms with Gasteiger partial charge in [-0.1, -0.05) is 37.5 Å². The van der Waals surface area contributed by atoms with Gasteiger partial charge in [-0.3, -0.25) is 4.79 Å². The molecule has 1 aliphatic rings. The standard InChI is InChI=1S/C16H19NO2/c18-15(19)16(8-4-1-5-9-16)10-12-11-17-14-7-3-2-6-13(12)14/h2-3,6-7,11,17H,1,4-5,8-10H2,(H,18,19). The van der Waals surface area contributed by atoms with Crippen molar-refractivity contribution in [1.82, 2.24) is 4.98 Å². The van der Waals surface area contributed by atoms with Gasteiger partial charge in [-0.2, -0.15) is 0 Å². The second-order valence-electron chi connectivity index (χ2n) is 5.68. The van der Waals surface area contributed by atoms with Crippen LogP contribution in [0.5, 0.6) is 0 Å². The van der Waals surface area contributed by atoms with Crippen LogP contribution in [0, 0.1) is 5.41 Å². The van der Waals surface area contributed by atoms with Crippen LogP contribution in [0.2, 0.25) is 0 Å². The molecule has 1 saturated carbocycles. The van der Waals surface area contributed by atoms with Crippen molar-refractivity contribution in [3.8, 4) is 0 Å². The number of carboxylic acids is 1. The number of aromatic nitrogens is 1. The molecule has 0 unspecified atom stereocenters. The lowest BCUT2D eigenvalue weighted by Gasteiger charge is -2.33. The van der Waals surface area contributed by atoms with Crippen molar-refractivity contribution in [2.24, 2.45) is 5.41 Å². The molecule has 1 aromatic heterocycles. The highest BCUT2D eigenvalue weighted by Gasteiger charge is 2.39. The molecular weight excluding hydrogens is 238 g/mol. The summed E-state index contributed by atoms with van der Waals surface area (Å²) in [6.07, 6.45) is 7.48. The number of fused-ring (bicyclic) bond motifs is 1. The van der Waals surface area contributed by atoms with E-state index in [1.54, 1.807) is 0 Å². The average Bonchev–Trinajstić information content (AvgIpc) is 2.83. The Bertz CT molecular complexity index is 594. The summed E-state index contributed by atoms with van der Waals surface area (Å²) in [5, 5.41) is 10.8. The molecule has 100 valence electrons. The van der Waals surface area contributed by atoms with Crippen molar-refractivity contribution in [2.75, 3.05) is 0 Å². The number of carbonyl (C=O) groups is 1. The molecule has 2 N–H and O–H groups in total. The van der Waals surface area contributed by atoms with E-state index in [0.29, 0.717) is 6.42 Å². The van der Waals surface area contributed by atoms with Crippen molar-refractivity contribution in [3.63, 3.8) is 0 Å². The Morgan fingerprint density at radius 3 is 2.68 bits per heavy atom. The lowest BCUT2D eigenvalue weighted by molar-refractivity contribution is -0.151. The molecule has 1 heterocycles. The summed E-state index contributed by atoms with van der Waals surface area (Å²) >= 11 is 0. The molecule has 19 heavy (non-hydrogen) atoms. The summed E-state index contributed by atoms with van der Waals surface area (Å²) in [4.78, 5) is 15.0. The first-order valence-electron chi connectivity index (χ1n) is 7.00. The Hall–Kier alpha value is -1.77. The van der Waals surface area contributed by atoms with Gasteiger partial charge in [0.15, 0.2) is 0 Å². The Labute approximate surface area is 112 Å². The van der Waals surface area contributed by atoms with E-state index in [9.17, 15) is 9.90 Å². The number of hydrogen-bond donors (Lipinski definition) is 2. The van der Waals surface area contributed by atoms with Crippen LogP contribution < -0.4 is 0 Å². The normalized spacial score (nSPS) is 18.5. The van der Waals surface area contributed by atoms with Gasteiger partial charge in [-0.15, -0.1) is 0 Å². The van der Waals surface area contributed by atoms with Gasteiger partial charge >= 0.3 is 5.97 Å². The monoisotopic (exact) mass is 257 g/mol. The second-order valence-corrected chi connectivity index (χ2v) is 5.68. The molecule has 3 heteroatoms. The highest BCUT2D eigenvalue weighted by molar-refractivity contribution is 5.84. The van der Waals surface area contributed by atoms with Crippen molar-refractivity contribution in [2.45, 2.75) is 38.5 Å². The highest BCUT2D eigenvalue weighted by atomic mass is 16.4. The summed E-state index contributed by atoms with van der Waals surface area (Å²) in [6, 6.07) is 8.11. The topological polar surface area (TPSA) is 53.1 Å². The SMILES string of the molecule is O=C(O)C1(Cc2c[nH]c3ccccc23)CCCCC1. The molecular formula is C16H19NO2. The number of benzene rings is 1. The molecule has 0 radical (unpaired) electrons. The lowest BCUT2D eigenvalue weighted by Crippen LogP contribution is -2.35.